The molecule has 1 N–H and O–H groups in total. The first-order valence-corrected chi connectivity index (χ1v) is 9.12. The summed E-state index contributed by atoms with van der Waals surface area (Å²) in [6.45, 7) is -0.123. The number of carbonyl (C=O) groups excluding carboxylic acids is 1. The van der Waals surface area contributed by atoms with Crippen LogP contribution in [0.4, 0.5) is 5.69 Å². The maximum absolute atomic E-state index is 12.1. The quantitative estimate of drug-likeness (QED) is 0.536. The van der Waals surface area contributed by atoms with Gasteiger partial charge in [-0.05, 0) is 35.7 Å². The molecule has 2 aromatic carbocycles. The molecule has 2 aromatic heterocycles. The third-order valence-electron chi connectivity index (χ3n) is 3.70. The summed E-state index contributed by atoms with van der Waals surface area (Å²) in [6.07, 6.45) is 0. The number of amides is 1. The summed E-state index contributed by atoms with van der Waals surface area (Å²) in [7, 11) is 0. The Labute approximate surface area is 159 Å². The van der Waals surface area contributed by atoms with Crippen LogP contribution in [0, 0.1) is 0 Å². The molecule has 4 rings (SSSR count). The number of hydrogen-bond acceptors (Lipinski definition) is 6. The fourth-order valence-electron chi connectivity index (χ4n) is 2.47. The Morgan fingerprint density at radius 2 is 1.85 bits per heavy atom. The van der Waals surface area contributed by atoms with Gasteiger partial charge < -0.3 is 14.6 Å². The lowest BCUT2D eigenvalue weighted by Gasteiger charge is -2.09. The first-order chi connectivity index (χ1) is 13.3. The molecule has 134 valence electrons. The van der Waals surface area contributed by atoms with E-state index >= 15 is 0 Å². The van der Waals surface area contributed by atoms with Gasteiger partial charge in [-0.3, -0.25) is 4.79 Å². The zero-order chi connectivity index (χ0) is 18.5. The van der Waals surface area contributed by atoms with Gasteiger partial charge in [0.15, 0.2) is 6.61 Å². The zero-order valence-corrected chi connectivity index (χ0v) is 15.0. The van der Waals surface area contributed by atoms with Crippen molar-refractivity contribution in [2.24, 2.45) is 0 Å². The molecule has 6 nitrogen and oxygen atoms in total. The van der Waals surface area contributed by atoms with Gasteiger partial charge >= 0.3 is 0 Å². The lowest BCUT2D eigenvalue weighted by atomic mass is 10.2. The van der Waals surface area contributed by atoms with E-state index in [1.54, 1.807) is 6.07 Å². The second-order valence-corrected chi connectivity index (χ2v) is 6.55. The summed E-state index contributed by atoms with van der Waals surface area (Å²) < 4.78 is 11.0. The Bertz CT molecular complexity index is 1030. The monoisotopic (exact) mass is 377 g/mol. The van der Waals surface area contributed by atoms with Gasteiger partial charge in [0.2, 0.25) is 5.82 Å². The molecule has 0 spiro atoms. The highest BCUT2D eigenvalue weighted by molar-refractivity contribution is 7.13. The minimum Gasteiger partial charge on any atom is -0.483 e. The van der Waals surface area contributed by atoms with Gasteiger partial charge in [0.25, 0.3) is 11.8 Å². The van der Waals surface area contributed by atoms with Crippen molar-refractivity contribution in [2.75, 3.05) is 11.9 Å². The van der Waals surface area contributed by atoms with E-state index in [1.807, 2.05) is 66.0 Å². The van der Waals surface area contributed by atoms with E-state index in [2.05, 4.69) is 15.5 Å². The van der Waals surface area contributed by atoms with Crippen LogP contribution in [-0.4, -0.2) is 22.7 Å². The lowest BCUT2D eigenvalue weighted by Crippen LogP contribution is -2.20. The Kier molecular flexibility index (Phi) is 4.93. The van der Waals surface area contributed by atoms with Crippen LogP contribution in [0.2, 0.25) is 0 Å². The largest absolute Gasteiger partial charge is 0.483 e. The number of aromatic nitrogens is 2. The number of thiophene rings is 1. The molecule has 0 fully saturated rings. The third kappa shape index (κ3) is 4.04. The van der Waals surface area contributed by atoms with E-state index in [-0.39, 0.29) is 12.5 Å². The van der Waals surface area contributed by atoms with E-state index in [0.717, 1.165) is 10.6 Å². The molecular formula is C20H15N3O3S. The number of carbonyl (C=O) groups is 1. The van der Waals surface area contributed by atoms with Crippen LogP contribution < -0.4 is 10.1 Å². The number of ether oxygens (including phenoxy) is 1. The fourth-order valence-corrected chi connectivity index (χ4v) is 3.12. The first kappa shape index (κ1) is 17.0. The van der Waals surface area contributed by atoms with Crippen molar-refractivity contribution in [3.63, 3.8) is 0 Å². The van der Waals surface area contributed by atoms with Gasteiger partial charge in [-0.25, -0.2) is 0 Å². The van der Waals surface area contributed by atoms with E-state index in [4.69, 9.17) is 9.26 Å². The van der Waals surface area contributed by atoms with Gasteiger partial charge in [0, 0.05) is 5.69 Å². The highest BCUT2D eigenvalue weighted by Gasteiger charge is 2.15. The Morgan fingerprint density at radius 3 is 2.67 bits per heavy atom. The molecule has 0 atom stereocenters. The second kappa shape index (κ2) is 7.84. The molecule has 2 heterocycles. The van der Waals surface area contributed by atoms with Gasteiger partial charge in [-0.15, -0.1) is 11.3 Å². The Balaban J connectivity index is 1.48. The van der Waals surface area contributed by atoms with E-state index in [1.165, 1.54) is 11.3 Å². The molecule has 4 aromatic rings. The molecule has 0 radical (unpaired) electrons. The van der Waals surface area contributed by atoms with Gasteiger partial charge in [-0.2, -0.15) is 4.98 Å². The van der Waals surface area contributed by atoms with Crippen LogP contribution in [0.3, 0.4) is 0 Å². The fraction of sp³-hybridized carbons (Fsp3) is 0.0500. The molecule has 0 saturated carbocycles. The SMILES string of the molecule is O=C(COc1ccccc1-c1noc(-c2cccs2)n1)Nc1ccccc1. The number of hydrogen-bond donors (Lipinski definition) is 1. The van der Waals surface area contributed by atoms with Crippen LogP contribution >= 0.6 is 11.3 Å². The second-order valence-electron chi connectivity index (χ2n) is 5.60. The number of para-hydroxylation sites is 2. The smallest absolute Gasteiger partial charge is 0.268 e. The maximum Gasteiger partial charge on any atom is 0.268 e. The molecule has 7 heteroatoms. The van der Waals surface area contributed by atoms with Crippen LogP contribution in [0.1, 0.15) is 0 Å². The minimum absolute atomic E-state index is 0.123. The van der Waals surface area contributed by atoms with Crippen molar-refractivity contribution in [1.29, 1.82) is 0 Å². The standard InChI is InChI=1S/C20H15N3O3S/c24-18(21-14-7-2-1-3-8-14)13-25-16-10-5-4-9-15(16)19-22-20(26-23-19)17-11-6-12-27-17/h1-12H,13H2,(H,21,24). The predicted octanol–water partition coefficient (Wildman–Crippen LogP) is 4.48. The minimum atomic E-state index is -0.247. The van der Waals surface area contributed by atoms with Crippen molar-refractivity contribution in [1.82, 2.24) is 10.1 Å². The molecule has 0 aliphatic carbocycles. The summed E-state index contributed by atoms with van der Waals surface area (Å²) in [5.41, 5.74) is 1.38. The van der Waals surface area contributed by atoms with Crippen LogP contribution in [0.5, 0.6) is 5.75 Å². The van der Waals surface area contributed by atoms with Crippen LogP contribution in [-0.2, 0) is 4.79 Å². The van der Waals surface area contributed by atoms with Crippen molar-refractivity contribution < 1.29 is 14.1 Å². The Morgan fingerprint density at radius 1 is 1.04 bits per heavy atom. The molecular weight excluding hydrogens is 362 g/mol. The van der Waals surface area contributed by atoms with E-state index < -0.39 is 0 Å². The number of nitrogens with zero attached hydrogens (tertiary/aromatic N) is 2. The molecule has 0 aliphatic heterocycles. The highest BCUT2D eigenvalue weighted by Crippen LogP contribution is 2.30. The molecule has 0 unspecified atom stereocenters. The number of benzene rings is 2. The average Bonchev–Trinajstić information content (AvgIpc) is 3.39. The number of rotatable bonds is 6. The third-order valence-corrected chi connectivity index (χ3v) is 4.56. The molecule has 0 bridgehead atoms. The van der Waals surface area contributed by atoms with Gasteiger partial charge in [-0.1, -0.05) is 41.6 Å². The van der Waals surface area contributed by atoms with E-state index in [9.17, 15) is 4.79 Å². The zero-order valence-electron chi connectivity index (χ0n) is 14.2. The van der Waals surface area contributed by atoms with Gasteiger partial charge in [0.05, 0.1) is 10.4 Å². The highest BCUT2D eigenvalue weighted by atomic mass is 32.1. The predicted molar refractivity (Wildman–Crippen MR) is 104 cm³/mol. The van der Waals surface area contributed by atoms with Gasteiger partial charge in [0.1, 0.15) is 5.75 Å². The summed E-state index contributed by atoms with van der Waals surface area (Å²) in [6, 6.07) is 20.3. The summed E-state index contributed by atoms with van der Waals surface area (Å²) in [5, 5.41) is 8.77. The molecule has 1 amide bonds. The van der Waals surface area contributed by atoms with E-state index in [0.29, 0.717) is 23.0 Å². The van der Waals surface area contributed by atoms with Crippen molar-refractivity contribution in [3.8, 4) is 27.9 Å². The lowest BCUT2D eigenvalue weighted by molar-refractivity contribution is -0.118. The summed E-state index contributed by atoms with van der Waals surface area (Å²) in [5.74, 6) is 1.14. The topological polar surface area (TPSA) is 77.2 Å². The van der Waals surface area contributed by atoms with Crippen molar-refractivity contribution >= 4 is 22.9 Å². The summed E-state index contributed by atoms with van der Waals surface area (Å²) in [4.78, 5) is 17.4. The normalized spacial score (nSPS) is 10.5. The van der Waals surface area contributed by atoms with Crippen molar-refractivity contribution in [2.45, 2.75) is 0 Å². The van der Waals surface area contributed by atoms with Crippen LogP contribution in [0.25, 0.3) is 22.2 Å². The van der Waals surface area contributed by atoms with Crippen LogP contribution in [0.15, 0.2) is 76.6 Å². The molecule has 0 aliphatic rings. The Hall–Kier alpha value is -3.45. The first-order valence-electron chi connectivity index (χ1n) is 8.24. The number of anilines is 1. The number of nitrogens with one attached hydrogen (secondary N) is 1. The van der Waals surface area contributed by atoms with Crippen molar-refractivity contribution in [3.05, 3.63) is 72.1 Å². The molecule has 27 heavy (non-hydrogen) atoms. The maximum atomic E-state index is 12.1. The average molecular weight is 377 g/mol. The molecule has 0 saturated heterocycles. The summed E-state index contributed by atoms with van der Waals surface area (Å²) >= 11 is 1.52.